The molecule has 31 heavy (non-hydrogen) atoms. The summed E-state index contributed by atoms with van der Waals surface area (Å²) in [6, 6.07) is 12.1. The van der Waals surface area contributed by atoms with Gasteiger partial charge in [-0.3, -0.25) is 10.1 Å². The summed E-state index contributed by atoms with van der Waals surface area (Å²) in [5.41, 5.74) is 1.56. The standard InChI is InChI=1S/C21H22FN3O4S2/c1-14-19(13-16-5-3-4-6-18(16)22)30-21(24-14)25-20(26)15-7-9-17(10-8-15)31(27,28)23-11-12-29-2/h3-10,23H,11-13H2,1-2H3,(H,24,25,26). The van der Waals surface area contributed by atoms with Crippen LogP contribution in [0, 0.1) is 12.7 Å². The van der Waals surface area contributed by atoms with Crippen LogP contribution in [0.1, 0.15) is 26.5 Å². The quantitative estimate of drug-likeness (QED) is 0.474. The number of aromatic nitrogens is 1. The molecule has 1 amide bonds. The number of aryl methyl sites for hydroxylation is 1. The lowest BCUT2D eigenvalue weighted by Gasteiger charge is -2.07. The van der Waals surface area contributed by atoms with E-state index in [9.17, 15) is 17.6 Å². The highest BCUT2D eigenvalue weighted by atomic mass is 32.2. The third-order valence-electron chi connectivity index (χ3n) is 4.45. The number of methoxy groups -OCH3 is 1. The molecule has 164 valence electrons. The fourth-order valence-electron chi connectivity index (χ4n) is 2.78. The summed E-state index contributed by atoms with van der Waals surface area (Å²) >= 11 is 1.28. The number of carbonyl (C=O) groups is 1. The first-order valence-electron chi connectivity index (χ1n) is 9.40. The molecule has 0 spiro atoms. The Morgan fingerprint density at radius 2 is 1.87 bits per heavy atom. The monoisotopic (exact) mass is 463 g/mol. The summed E-state index contributed by atoms with van der Waals surface area (Å²) in [4.78, 5) is 17.8. The first-order chi connectivity index (χ1) is 14.8. The smallest absolute Gasteiger partial charge is 0.257 e. The Labute approximate surface area is 184 Å². The SMILES string of the molecule is COCCNS(=O)(=O)c1ccc(C(=O)Nc2nc(C)c(Cc3ccccc3F)s2)cc1. The molecule has 3 rings (SSSR count). The molecule has 0 fully saturated rings. The van der Waals surface area contributed by atoms with Crippen LogP contribution in [0.15, 0.2) is 53.4 Å². The topological polar surface area (TPSA) is 97.4 Å². The predicted octanol–water partition coefficient (Wildman–Crippen LogP) is 3.36. The summed E-state index contributed by atoms with van der Waals surface area (Å²) in [7, 11) is -2.19. The number of thiazole rings is 1. The number of halogens is 1. The summed E-state index contributed by atoms with van der Waals surface area (Å²) in [6.07, 6.45) is 0.384. The number of hydrogen-bond acceptors (Lipinski definition) is 6. The van der Waals surface area contributed by atoms with Crippen molar-refractivity contribution in [2.24, 2.45) is 0 Å². The Morgan fingerprint density at radius 3 is 2.55 bits per heavy atom. The summed E-state index contributed by atoms with van der Waals surface area (Å²) in [6.45, 7) is 2.21. The molecule has 0 aliphatic carbocycles. The first kappa shape index (κ1) is 23.0. The molecule has 2 N–H and O–H groups in total. The van der Waals surface area contributed by atoms with Crippen LogP contribution in [0.2, 0.25) is 0 Å². The molecule has 0 saturated heterocycles. The Balaban J connectivity index is 1.67. The molecule has 1 aromatic heterocycles. The number of benzene rings is 2. The van der Waals surface area contributed by atoms with Crippen molar-refractivity contribution in [3.8, 4) is 0 Å². The second kappa shape index (κ2) is 10.1. The lowest BCUT2D eigenvalue weighted by atomic mass is 10.1. The molecule has 0 aliphatic heterocycles. The number of sulfonamides is 1. The van der Waals surface area contributed by atoms with Gasteiger partial charge in [-0.1, -0.05) is 18.2 Å². The van der Waals surface area contributed by atoms with E-state index in [2.05, 4.69) is 15.0 Å². The average Bonchev–Trinajstić information content (AvgIpc) is 3.08. The van der Waals surface area contributed by atoms with E-state index in [0.717, 1.165) is 4.88 Å². The zero-order valence-electron chi connectivity index (χ0n) is 17.0. The van der Waals surface area contributed by atoms with Gasteiger partial charge in [-0.15, -0.1) is 11.3 Å². The third-order valence-corrected chi connectivity index (χ3v) is 7.00. The number of hydrogen-bond donors (Lipinski definition) is 2. The van der Waals surface area contributed by atoms with Crippen LogP contribution in [-0.2, 0) is 21.2 Å². The number of ether oxygens (including phenoxy) is 1. The number of amides is 1. The molecular weight excluding hydrogens is 441 g/mol. The van der Waals surface area contributed by atoms with E-state index in [0.29, 0.717) is 28.4 Å². The Morgan fingerprint density at radius 1 is 1.16 bits per heavy atom. The number of carbonyl (C=O) groups excluding carboxylic acids is 1. The fraction of sp³-hybridized carbons (Fsp3) is 0.238. The number of rotatable bonds is 9. The van der Waals surface area contributed by atoms with Gasteiger partial charge < -0.3 is 4.74 Å². The number of nitrogens with one attached hydrogen (secondary N) is 2. The predicted molar refractivity (Wildman–Crippen MR) is 118 cm³/mol. The van der Waals surface area contributed by atoms with Gasteiger partial charge in [-0.25, -0.2) is 22.5 Å². The molecular formula is C21H22FN3O4S2. The molecule has 0 radical (unpaired) electrons. The maximum absolute atomic E-state index is 13.9. The van der Waals surface area contributed by atoms with E-state index in [1.807, 2.05) is 0 Å². The second-order valence-electron chi connectivity index (χ2n) is 6.66. The Hall–Kier alpha value is -2.66. The molecule has 0 unspecified atom stereocenters. The van der Waals surface area contributed by atoms with Gasteiger partial charge in [0.2, 0.25) is 10.0 Å². The van der Waals surface area contributed by atoms with Crippen molar-refractivity contribution in [3.63, 3.8) is 0 Å². The molecule has 10 heteroatoms. The van der Waals surface area contributed by atoms with E-state index in [1.54, 1.807) is 25.1 Å². The van der Waals surface area contributed by atoms with Crippen LogP contribution in [0.5, 0.6) is 0 Å². The Kier molecular flexibility index (Phi) is 7.50. The lowest BCUT2D eigenvalue weighted by Crippen LogP contribution is -2.27. The van der Waals surface area contributed by atoms with E-state index in [4.69, 9.17) is 4.74 Å². The average molecular weight is 464 g/mol. The van der Waals surface area contributed by atoms with Crippen molar-refractivity contribution in [1.82, 2.24) is 9.71 Å². The molecule has 0 aliphatic rings. The highest BCUT2D eigenvalue weighted by Gasteiger charge is 2.16. The lowest BCUT2D eigenvalue weighted by molar-refractivity contribution is 0.102. The van der Waals surface area contributed by atoms with Crippen molar-refractivity contribution in [2.75, 3.05) is 25.6 Å². The van der Waals surface area contributed by atoms with Crippen LogP contribution < -0.4 is 10.0 Å². The Bertz CT molecular complexity index is 1160. The van der Waals surface area contributed by atoms with Gasteiger partial charge >= 0.3 is 0 Å². The van der Waals surface area contributed by atoms with Crippen LogP contribution >= 0.6 is 11.3 Å². The molecule has 7 nitrogen and oxygen atoms in total. The van der Waals surface area contributed by atoms with Gasteiger partial charge in [0.05, 0.1) is 17.2 Å². The zero-order chi connectivity index (χ0) is 22.4. The van der Waals surface area contributed by atoms with Crippen molar-refractivity contribution in [2.45, 2.75) is 18.2 Å². The minimum Gasteiger partial charge on any atom is -0.383 e. The summed E-state index contributed by atoms with van der Waals surface area (Å²) < 4.78 is 45.5. The third kappa shape index (κ3) is 5.95. The fourth-order valence-corrected chi connectivity index (χ4v) is 4.77. The molecule has 0 bridgehead atoms. The minimum atomic E-state index is -3.67. The van der Waals surface area contributed by atoms with Crippen molar-refractivity contribution in [1.29, 1.82) is 0 Å². The van der Waals surface area contributed by atoms with Gasteiger partial charge in [0.25, 0.3) is 5.91 Å². The molecule has 1 heterocycles. The largest absolute Gasteiger partial charge is 0.383 e. The van der Waals surface area contributed by atoms with Gasteiger partial charge in [-0.05, 0) is 42.8 Å². The van der Waals surface area contributed by atoms with E-state index < -0.39 is 15.9 Å². The molecule has 2 aromatic carbocycles. The minimum absolute atomic E-state index is 0.0532. The highest BCUT2D eigenvalue weighted by molar-refractivity contribution is 7.89. The van der Waals surface area contributed by atoms with Gasteiger partial charge in [-0.2, -0.15) is 0 Å². The maximum Gasteiger partial charge on any atom is 0.257 e. The van der Waals surface area contributed by atoms with Crippen LogP contribution in [-0.4, -0.2) is 39.6 Å². The van der Waals surface area contributed by atoms with Gasteiger partial charge in [0, 0.05) is 30.5 Å². The molecule has 0 atom stereocenters. The van der Waals surface area contributed by atoms with E-state index in [-0.39, 0.29) is 23.9 Å². The van der Waals surface area contributed by atoms with Crippen LogP contribution in [0.25, 0.3) is 0 Å². The summed E-state index contributed by atoms with van der Waals surface area (Å²) in [5, 5.41) is 3.11. The zero-order valence-corrected chi connectivity index (χ0v) is 18.6. The maximum atomic E-state index is 13.9. The normalized spacial score (nSPS) is 11.5. The molecule has 0 saturated carbocycles. The second-order valence-corrected chi connectivity index (χ2v) is 9.52. The van der Waals surface area contributed by atoms with Crippen molar-refractivity contribution in [3.05, 3.63) is 76.0 Å². The van der Waals surface area contributed by atoms with Gasteiger partial charge in [0.1, 0.15) is 5.82 Å². The number of nitrogens with zero attached hydrogens (tertiary/aromatic N) is 1. The van der Waals surface area contributed by atoms with Crippen LogP contribution in [0.4, 0.5) is 9.52 Å². The van der Waals surface area contributed by atoms with Crippen LogP contribution in [0.3, 0.4) is 0 Å². The van der Waals surface area contributed by atoms with E-state index in [1.165, 1.54) is 48.8 Å². The summed E-state index contributed by atoms with van der Waals surface area (Å²) in [5.74, 6) is -0.699. The highest BCUT2D eigenvalue weighted by Crippen LogP contribution is 2.26. The van der Waals surface area contributed by atoms with Crippen molar-refractivity contribution < 1.29 is 22.3 Å². The van der Waals surface area contributed by atoms with Crippen molar-refractivity contribution >= 4 is 32.4 Å². The van der Waals surface area contributed by atoms with E-state index >= 15 is 0 Å². The number of anilines is 1. The molecule has 3 aromatic rings. The van der Waals surface area contributed by atoms with Gasteiger partial charge in [0.15, 0.2) is 5.13 Å². The first-order valence-corrected chi connectivity index (χ1v) is 11.7.